The van der Waals surface area contributed by atoms with Crippen molar-refractivity contribution in [2.24, 2.45) is 7.05 Å². The lowest BCUT2D eigenvalue weighted by atomic mass is 10.0. The summed E-state index contributed by atoms with van der Waals surface area (Å²) in [6, 6.07) is 15.7. The molecule has 0 bridgehead atoms. The van der Waals surface area contributed by atoms with Crippen LogP contribution in [0.1, 0.15) is 35.5 Å². The maximum atomic E-state index is 12.7. The molecular formula is C25H29N3O4S. The van der Waals surface area contributed by atoms with Gasteiger partial charge in [0.1, 0.15) is 16.3 Å². The molecule has 1 aromatic heterocycles. The van der Waals surface area contributed by atoms with Crippen molar-refractivity contribution < 1.29 is 17.9 Å². The molecule has 1 amide bonds. The van der Waals surface area contributed by atoms with E-state index < -0.39 is 10.0 Å². The molecule has 1 aliphatic rings. The summed E-state index contributed by atoms with van der Waals surface area (Å²) in [6.45, 7) is 5.43. The van der Waals surface area contributed by atoms with E-state index in [0.29, 0.717) is 25.3 Å². The highest BCUT2D eigenvalue weighted by Crippen LogP contribution is 2.30. The Morgan fingerprint density at radius 3 is 2.45 bits per heavy atom. The van der Waals surface area contributed by atoms with Crippen LogP contribution < -0.4 is 10.1 Å². The van der Waals surface area contributed by atoms with Crippen molar-refractivity contribution >= 4 is 15.9 Å². The molecule has 4 rings (SSSR count). The Bertz CT molecular complexity index is 1260. The average Bonchev–Trinajstić information content (AvgIpc) is 3.45. The normalized spacial score (nSPS) is 13.1. The van der Waals surface area contributed by atoms with Crippen LogP contribution in [0.15, 0.2) is 59.6 Å². The SMILES string of the molecule is CCN(CC)S(=O)(=O)c1cc(C(=O)NCc2ccc(-c3ccc4c(c3)CCO4)cc2)n(C)c1. The number of aryl methyl sites for hydroxylation is 1. The van der Waals surface area contributed by atoms with E-state index in [-0.39, 0.29) is 10.8 Å². The fraction of sp³-hybridized carbons (Fsp3) is 0.320. The number of carbonyl (C=O) groups is 1. The molecule has 2 aromatic carbocycles. The van der Waals surface area contributed by atoms with Crippen LogP contribution >= 0.6 is 0 Å². The molecule has 174 valence electrons. The molecule has 0 unspecified atom stereocenters. The quantitative estimate of drug-likeness (QED) is 0.549. The molecule has 2 heterocycles. The average molecular weight is 468 g/mol. The smallest absolute Gasteiger partial charge is 0.268 e. The highest BCUT2D eigenvalue weighted by Gasteiger charge is 2.25. The first kappa shape index (κ1) is 23.1. The summed E-state index contributed by atoms with van der Waals surface area (Å²) in [5.74, 6) is 0.646. The van der Waals surface area contributed by atoms with Crippen molar-refractivity contribution in [3.8, 4) is 16.9 Å². The molecule has 0 saturated heterocycles. The van der Waals surface area contributed by atoms with E-state index in [4.69, 9.17) is 4.74 Å². The van der Waals surface area contributed by atoms with E-state index in [2.05, 4.69) is 17.4 Å². The van der Waals surface area contributed by atoms with E-state index >= 15 is 0 Å². The summed E-state index contributed by atoms with van der Waals surface area (Å²) in [4.78, 5) is 12.9. The van der Waals surface area contributed by atoms with Crippen molar-refractivity contribution in [1.29, 1.82) is 0 Å². The van der Waals surface area contributed by atoms with E-state index in [0.717, 1.165) is 35.5 Å². The monoisotopic (exact) mass is 467 g/mol. The van der Waals surface area contributed by atoms with Crippen molar-refractivity contribution in [2.45, 2.75) is 31.7 Å². The molecule has 33 heavy (non-hydrogen) atoms. The van der Waals surface area contributed by atoms with Crippen LogP contribution in [0.4, 0.5) is 0 Å². The summed E-state index contributed by atoms with van der Waals surface area (Å²) in [5, 5.41) is 2.89. The number of amides is 1. The molecule has 1 N–H and O–H groups in total. The van der Waals surface area contributed by atoms with Gasteiger partial charge in [0.15, 0.2) is 0 Å². The van der Waals surface area contributed by atoms with Crippen molar-refractivity contribution in [2.75, 3.05) is 19.7 Å². The Morgan fingerprint density at radius 2 is 1.76 bits per heavy atom. The van der Waals surface area contributed by atoms with E-state index in [9.17, 15) is 13.2 Å². The number of hydrogen-bond donors (Lipinski definition) is 1. The van der Waals surface area contributed by atoms with Crippen LogP contribution in [0.5, 0.6) is 5.75 Å². The maximum absolute atomic E-state index is 12.7. The number of aromatic nitrogens is 1. The van der Waals surface area contributed by atoms with Gasteiger partial charge in [-0.15, -0.1) is 0 Å². The second-order valence-corrected chi connectivity index (χ2v) is 10.00. The molecule has 7 nitrogen and oxygen atoms in total. The van der Waals surface area contributed by atoms with Gasteiger partial charge in [-0.3, -0.25) is 4.79 Å². The third-order valence-corrected chi connectivity index (χ3v) is 8.00. The third-order valence-electron chi connectivity index (χ3n) is 5.99. The molecule has 3 aromatic rings. The van der Waals surface area contributed by atoms with Gasteiger partial charge in [0.25, 0.3) is 5.91 Å². The van der Waals surface area contributed by atoms with Crippen molar-refractivity contribution in [3.05, 3.63) is 71.5 Å². The van der Waals surface area contributed by atoms with Crippen LogP contribution in [0, 0.1) is 0 Å². The third kappa shape index (κ3) is 4.67. The summed E-state index contributed by atoms with van der Waals surface area (Å²) >= 11 is 0. The fourth-order valence-corrected chi connectivity index (χ4v) is 5.60. The standard InChI is InChI=1S/C25H29N3O4S/c1-4-28(5-2)33(30,31)22-15-23(27(3)17-22)25(29)26-16-18-6-8-19(9-7-18)20-10-11-24-21(14-20)12-13-32-24/h6-11,14-15,17H,4-5,12-13,16H2,1-3H3,(H,26,29). The Balaban J connectivity index is 1.42. The molecule has 0 radical (unpaired) electrons. The molecule has 0 saturated carbocycles. The van der Waals surface area contributed by atoms with Gasteiger partial charge in [0.2, 0.25) is 10.0 Å². The topological polar surface area (TPSA) is 80.6 Å². The lowest BCUT2D eigenvalue weighted by molar-refractivity contribution is 0.0942. The zero-order valence-corrected chi connectivity index (χ0v) is 20.0. The van der Waals surface area contributed by atoms with E-state index in [1.165, 1.54) is 22.1 Å². The number of rotatable bonds is 8. The zero-order chi connectivity index (χ0) is 23.6. The number of nitrogens with zero attached hydrogens (tertiary/aromatic N) is 2. The highest BCUT2D eigenvalue weighted by molar-refractivity contribution is 7.89. The Labute approximate surface area is 195 Å². The van der Waals surface area contributed by atoms with Gasteiger partial charge in [-0.05, 0) is 40.5 Å². The Morgan fingerprint density at radius 1 is 1.06 bits per heavy atom. The molecule has 0 aliphatic carbocycles. The second-order valence-electron chi connectivity index (χ2n) is 8.06. The first-order chi connectivity index (χ1) is 15.8. The van der Waals surface area contributed by atoms with Crippen LogP contribution in [0.3, 0.4) is 0 Å². The summed E-state index contributed by atoms with van der Waals surface area (Å²) in [5.41, 5.74) is 4.74. The van der Waals surface area contributed by atoms with Gasteiger partial charge < -0.3 is 14.6 Å². The number of carbonyl (C=O) groups excluding carboxylic acids is 1. The largest absolute Gasteiger partial charge is 0.493 e. The van der Waals surface area contributed by atoms with Crippen LogP contribution in [0.2, 0.25) is 0 Å². The minimum atomic E-state index is -3.61. The second kappa shape index (κ2) is 9.41. The Hall–Kier alpha value is -3.10. The first-order valence-electron chi connectivity index (χ1n) is 11.1. The summed E-state index contributed by atoms with van der Waals surface area (Å²) < 4.78 is 34.0. The predicted molar refractivity (Wildman–Crippen MR) is 128 cm³/mol. The number of hydrogen-bond acceptors (Lipinski definition) is 4. The summed E-state index contributed by atoms with van der Waals surface area (Å²) in [7, 11) is -1.94. The van der Waals surface area contributed by atoms with Crippen molar-refractivity contribution in [3.63, 3.8) is 0 Å². The van der Waals surface area contributed by atoms with Crippen LogP contribution in [0.25, 0.3) is 11.1 Å². The lowest BCUT2D eigenvalue weighted by Crippen LogP contribution is -2.30. The molecule has 0 spiro atoms. The highest BCUT2D eigenvalue weighted by atomic mass is 32.2. The molecule has 0 atom stereocenters. The number of nitrogens with one attached hydrogen (secondary N) is 1. The van der Waals surface area contributed by atoms with E-state index in [1.807, 2.05) is 30.3 Å². The van der Waals surface area contributed by atoms with Gasteiger partial charge in [0.05, 0.1) is 6.61 Å². The molecule has 8 heteroatoms. The first-order valence-corrected chi connectivity index (χ1v) is 12.6. The van der Waals surface area contributed by atoms with Crippen LogP contribution in [-0.2, 0) is 30.0 Å². The van der Waals surface area contributed by atoms with Gasteiger partial charge in [-0.2, -0.15) is 4.31 Å². The van der Waals surface area contributed by atoms with Crippen LogP contribution in [-0.4, -0.2) is 42.9 Å². The fourth-order valence-electron chi connectivity index (χ4n) is 4.07. The van der Waals surface area contributed by atoms with E-state index in [1.54, 1.807) is 25.5 Å². The minimum Gasteiger partial charge on any atom is -0.493 e. The Kier molecular flexibility index (Phi) is 6.58. The number of ether oxygens (including phenoxy) is 1. The number of sulfonamides is 1. The number of fused-ring (bicyclic) bond motifs is 1. The molecular weight excluding hydrogens is 438 g/mol. The van der Waals surface area contributed by atoms with Crippen molar-refractivity contribution in [1.82, 2.24) is 14.2 Å². The molecule has 1 aliphatic heterocycles. The zero-order valence-electron chi connectivity index (χ0n) is 19.2. The summed E-state index contributed by atoms with van der Waals surface area (Å²) in [6.07, 6.45) is 2.42. The van der Waals surface area contributed by atoms with Gasteiger partial charge in [-0.1, -0.05) is 44.2 Å². The van der Waals surface area contributed by atoms with Gasteiger partial charge in [0, 0.05) is 39.3 Å². The maximum Gasteiger partial charge on any atom is 0.268 e. The molecule has 0 fully saturated rings. The van der Waals surface area contributed by atoms with Gasteiger partial charge >= 0.3 is 0 Å². The minimum absolute atomic E-state index is 0.128. The number of benzene rings is 2. The predicted octanol–water partition coefficient (Wildman–Crippen LogP) is 3.59. The van der Waals surface area contributed by atoms with Gasteiger partial charge in [-0.25, -0.2) is 8.42 Å². The lowest BCUT2D eigenvalue weighted by Gasteiger charge is -2.17.